The van der Waals surface area contributed by atoms with Gasteiger partial charge in [0.2, 0.25) is 0 Å². The third kappa shape index (κ3) is 6.42. The van der Waals surface area contributed by atoms with E-state index in [1.54, 1.807) is 19.2 Å². The van der Waals surface area contributed by atoms with Gasteiger partial charge in [0, 0.05) is 44.0 Å². The second-order valence-corrected chi connectivity index (χ2v) is 8.76. The number of ether oxygens (including phenoxy) is 1. The van der Waals surface area contributed by atoms with E-state index in [0.717, 1.165) is 11.4 Å². The molecule has 1 aliphatic heterocycles. The molecule has 1 saturated heterocycles. The number of carbonyl (C=O) groups excluding carboxylic acids is 1. The predicted molar refractivity (Wildman–Crippen MR) is 127 cm³/mol. The van der Waals surface area contributed by atoms with Crippen LogP contribution in [0.4, 0.5) is 32.0 Å². The fourth-order valence-corrected chi connectivity index (χ4v) is 4.35. The van der Waals surface area contributed by atoms with Crippen molar-refractivity contribution in [1.29, 1.82) is 0 Å². The van der Waals surface area contributed by atoms with Crippen LogP contribution in [0.3, 0.4) is 0 Å². The van der Waals surface area contributed by atoms with Crippen LogP contribution in [0.25, 0.3) is 0 Å². The van der Waals surface area contributed by atoms with Crippen LogP contribution in [0.1, 0.15) is 33.3 Å². The number of halogens is 6. The zero-order valence-electron chi connectivity index (χ0n) is 20.3. The SMILES string of the molecule is COc1ccc(N2CCN(C(CNC(=O)c3cc(C(F)(F)F)cc(C(F)(F)F)c3)c3ccco3)CC2)cc1. The van der Waals surface area contributed by atoms with Gasteiger partial charge in [0.05, 0.1) is 30.5 Å². The Morgan fingerprint density at radius 1 is 0.947 bits per heavy atom. The fraction of sp³-hybridized carbons (Fsp3) is 0.346. The Labute approximate surface area is 214 Å². The van der Waals surface area contributed by atoms with Crippen LogP contribution < -0.4 is 15.0 Å². The first-order chi connectivity index (χ1) is 18.0. The van der Waals surface area contributed by atoms with Crippen LogP contribution >= 0.6 is 0 Å². The number of amides is 1. The van der Waals surface area contributed by atoms with E-state index in [1.165, 1.54) is 6.26 Å². The van der Waals surface area contributed by atoms with Crippen LogP contribution in [0.2, 0.25) is 0 Å². The summed E-state index contributed by atoms with van der Waals surface area (Å²) >= 11 is 0. The highest BCUT2D eigenvalue weighted by Crippen LogP contribution is 2.36. The summed E-state index contributed by atoms with van der Waals surface area (Å²) in [4.78, 5) is 17.0. The highest BCUT2D eigenvalue weighted by atomic mass is 19.4. The summed E-state index contributed by atoms with van der Waals surface area (Å²) < 4.78 is 90.0. The maximum absolute atomic E-state index is 13.2. The number of benzene rings is 2. The van der Waals surface area contributed by atoms with Crippen molar-refractivity contribution in [3.05, 3.63) is 83.3 Å². The molecule has 1 aliphatic rings. The molecule has 1 aromatic heterocycles. The summed E-state index contributed by atoms with van der Waals surface area (Å²) in [5, 5.41) is 2.49. The average molecular weight is 541 g/mol. The number of piperazine rings is 1. The molecular weight excluding hydrogens is 516 g/mol. The first kappa shape index (κ1) is 27.4. The summed E-state index contributed by atoms with van der Waals surface area (Å²) in [6.45, 7) is 2.39. The number of nitrogens with one attached hydrogen (secondary N) is 1. The van der Waals surface area contributed by atoms with Crippen molar-refractivity contribution >= 4 is 11.6 Å². The molecule has 6 nitrogen and oxygen atoms in total. The molecule has 0 bridgehead atoms. The molecule has 0 radical (unpaired) electrons. The molecular formula is C26H25F6N3O3. The first-order valence-corrected chi connectivity index (χ1v) is 11.7. The smallest absolute Gasteiger partial charge is 0.416 e. The number of anilines is 1. The van der Waals surface area contributed by atoms with Gasteiger partial charge in [-0.25, -0.2) is 0 Å². The number of alkyl halides is 6. The first-order valence-electron chi connectivity index (χ1n) is 11.7. The Hall–Kier alpha value is -3.67. The molecule has 38 heavy (non-hydrogen) atoms. The second-order valence-electron chi connectivity index (χ2n) is 8.76. The third-order valence-electron chi connectivity index (χ3n) is 6.37. The molecule has 4 rings (SSSR count). The topological polar surface area (TPSA) is 58.0 Å². The van der Waals surface area contributed by atoms with Gasteiger partial charge in [-0.05, 0) is 54.6 Å². The van der Waals surface area contributed by atoms with E-state index in [4.69, 9.17) is 9.15 Å². The molecule has 0 saturated carbocycles. The van der Waals surface area contributed by atoms with Gasteiger partial charge in [0.15, 0.2) is 0 Å². The maximum Gasteiger partial charge on any atom is 0.416 e. The highest BCUT2D eigenvalue weighted by molar-refractivity contribution is 5.94. The van der Waals surface area contributed by atoms with Crippen LogP contribution in [-0.4, -0.2) is 50.6 Å². The molecule has 0 spiro atoms. The van der Waals surface area contributed by atoms with Crippen LogP contribution in [0.5, 0.6) is 5.75 Å². The van der Waals surface area contributed by atoms with Crippen molar-refractivity contribution in [3.63, 3.8) is 0 Å². The van der Waals surface area contributed by atoms with Gasteiger partial charge in [0.1, 0.15) is 11.5 Å². The third-order valence-corrected chi connectivity index (χ3v) is 6.37. The minimum absolute atomic E-state index is 0.00919. The highest BCUT2D eigenvalue weighted by Gasteiger charge is 2.37. The van der Waals surface area contributed by atoms with E-state index in [-0.39, 0.29) is 12.6 Å². The Kier molecular flexibility index (Phi) is 7.91. The van der Waals surface area contributed by atoms with E-state index in [2.05, 4.69) is 10.2 Å². The summed E-state index contributed by atoms with van der Waals surface area (Å²) in [6, 6.07) is 11.3. The van der Waals surface area contributed by atoms with Crippen molar-refractivity contribution in [1.82, 2.24) is 10.2 Å². The van der Waals surface area contributed by atoms with E-state index < -0.39 is 41.0 Å². The van der Waals surface area contributed by atoms with Crippen LogP contribution in [0, 0.1) is 0 Å². The molecule has 3 aromatic rings. The lowest BCUT2D eigenvalue weighted by atomic mass is 10.0. The molecule has 12 heteroatoms. The Bertz CT molecular complexity index is 1190. The minimum Gasteiger partial charge on any atom is -0.497 e. The second kappa shape index (κ2) is 11.0. The molecule has 1 amide bonds. The Morgan fingerprint density at radius 2 is 1.55 bits per heavy atom. The molecule has 1 fully saturated rings. The number of furan rings is 1. The maximum atomic E-state index is 13.2. The average Bonchev–Trinajstić information content (AvgIpc) is 3.42. The van der Waals surface area contributed by atoms with E-state index >= 15 is 0 Å². The molecule has 1 unspecified atom stereocenters. The van der Waals surface area contributed by atoms with Gasteiger partial charge in [-0.15, -0.1) is 0 Å². The fourth-order valence-electron chi connectivity index (χ4n) is 4.35. The van der Waals surface area contributed by atoms with Crippen molar-refractivity contribution in [2.45, 2.75) is 18.4 Å². The molecule has 1 N–H and O–H groups in total. The molecule has 2 heterocycles. The number of hydrogen-bond acceptors (Lipinski definition) is 5. The van der Waals surface area contributed by atoms with Gasteiger partial charge >= 0.3 is 12.4 Å². The van der Waals surface area contributed by atoms with E-state index in [1.807, 2.05) is 29.2 Å². The molecule has 0 aliphatic carbocycles. The minimum atomic E-state index is -5.05. The van der Waals surface area contributed by atoms with Gasteiger partial charge in [0.25, 0.3) is 5.91 Å². The van der Waals surface area contributed by atoms with Gasteiger partial charge in [-0.2, -0.15) is 26.3 Å². The molecule has 204 valence electrons. The normalized spacial score (nSPS) is 15.8. The number of nitrogens with zero attached hydrogens (tertiary/aromatic N) is 2. The van der Waals surface area contributed by atoms with E-state index in [0.29, 0.717) is 44.1 Å². The van der Waals surface area contributed by atoms with Crippen molar-refractivity contribution in [3.8, 4) is 5.75 Å². The summed E-state index contributed by atoms with van der Waals surface area (Å²) in [7, 11) is 1.59. The zero-order valence-corrected chi connectivity index (χ0v) is 20.3. The lowest BCUT2D eigenvalue weighted by Gasteiger charge is -2.39. The number of hydrogen-bond donors (Lipinski definition) is 1. The monoisotopic (exact) mass is 541 g/mol. The lowest BCUT2D eigenvalue weighted by Crippen LogP contribution is -2.49. The number of rotatable bonds is 7. The number of methoxy groups -OCH3 is 1. The van der Waals surface area contributed by atoms with Gasteiger partial charge in [-0.1, -0.05) is 0 Å². The van der Waals surface area contributed by atoms with Crippen molar-refractivity contribution in [2.24, 2.45) is 0 Å². The van der Waals surface area contributed by atoms with Gasteiger partial charge < -0.3 is 19.4 Å². The zero-order chi connectivity index (χ0) is 27.5. The predicted octanol–water partition coefficient (Wildman–Crippen LogP) is 5.62. The Morgan fingerprint density at radius 3 is 2.05 bits per heavy atom. The van der Waals surface area contributed by atoms with Crippen LogP contribution in [-0.2, 0) is 12.4 Å². The molecule has 2 aromatic carbocycles. The van der Waals surface area contributed by atoms with Crippen molar-refractivity contribution < 1.29 is 40.3 Å². The van der Waals surface area contributed by atoms with Crippen LogP contribution in [0.15, 0.2) is 65.3 Å². The quantitative estimate of drug-likeness (QED) is 0.394. The molecule has 1 atom stereocenters. The van der Waals surface area contributed by atoms with Crippen molar-refractivity contribution in [2.75, 3.05) is 44.7 Å². The number of carbonyl (C=O) groups is 1. The summed E-state index contributed by atoms with van der Waals surface area (Å²) in [5.74, 6) is 0.211. The Balaban J connectivity index is 1.47. The summed E-state index contributed by atoms with van der Waals surface area (Å²) in [5.41, 5.74) is -2.81. The van der Waals surface area contributed by atoms with Gasteiger partial charge in [-0.3, -0.25) is 9.69 Å². The van der Waals surface area contributed by atoms with E-state index in [9.17, 15) is 31.1 Å². The lowest BCUT2D eigenvalue weighted by molar-refractivity contribution is -0.143. The summed E-state index contributed by atoms with van der Waals surface area (Å²) in [6.07, 6.45) is -8.63. The standard InChI is InChI=1S/C26H25F6N3O3/c1-37-21-6-4-20(5-7-21)34-8-10-35(11-9-34)22(23-3-2-12-38-23)16-33-24(36)17-13-18(25(27,28)29)15-19(14-17)26(30,31)32/h2-7,12-15,22H,8-11,16H2,1H3,(H,33,36). The largest absolute Gasteiger partial charge is 0.497 e.